The van der Waals surface area contributed by atoms with E-state index in [1.165, 1.54) is 10.8 Å². The smallest absolute Gasteiger partial charge is 0.288 e. The summed E-state index contributed by atoms with van der Waals surface area (Å²) < 4.78 is 54.0. The Bertz CT molecular complexity index is 850. The minimum absolute atomic E-state index is 0.142. The summed E-state index contributed by atoms with van der Waals surface area (Å²) in [6.45, 7) is 0. The molecule has 1 fully saturated rings. The Morgan fingerprint density at radius 3 is 2.52 bits per heavy atom. The van der Waals surface area contributed by atoms with Gasteiger partial charge >= 0.3 is 6.18 Å². The van der Waals surface area contributed by atoms with Gasteiger partial charge in [-0.1, -0.05) is 0 Å². The number of carbonyl (C=O) groups excluding carboxylic acids is 1. The van der Waals surface area contributed by atoms with E-state index < -0.39 is 28.9 Å². The Balaban J connectivity index is 2.10. The number of halogens is 4. The molecule has 2 aromatic rings. The van der Waals surface area contributed by atoms with Gasteiger partial charge in [-0.3, -0.25) is 9.69 Å². The van der Waals surface area contributed by atoms with Crippen LogP contribution in [0.25, 0.3) is 0 Å². The van der Waals surface area contributed by atoms with Crippen LogP contribution < -0.4 is 4.90 Å². The van der Waals surface area contributed by atoms with Gasteiger partial charge in [0.25, 0.3) is 0 Å². The van der Waals surface area contributed by atoms with Crippen molar-refractivity contribution in [3.63, 3.8) is 0 Å². The van der Waals surface area contributed by atoms with E-state index in [-0.39, 0.29) is 5.69 Å². The molecule has 0 bridgehead atoms. The number of rotatable bonds is 4. The van der Waals surface area contributed by atoms with Gasteiger partial charge in [0.1, 0.15) is 11.7 Å². The average molecular weight is 353 g/mol. The highest BCUT2D eigenvalue weighted by molar-refractivity contribution is 5.77. The van der Waals surface area contributed by atoms with E-state index in [1.807, 2.05) is 0 Å². The normalized spacial score (nSPS) is 16.0. The summed E-state index contributed by atoms with van der Waals surface area (Å²) in [5.74, 6) is -0.619. The number of hydrogen-bond acceptors (Lipinski definition) is 4. The first-order chi connectivity index (χ1) is 11.8. The van der Waals surface area contributed by atoms with Gasteiger partial charge < -0.3 is 0 Å². The molecule has 0 aliphatic heterocycles. The van der Waals surface area contributed by atoms with Crippen molar-refractivity contribution in [2.75, 3.05) is 4.90 Å². The van der Waals surface area contributed by atoms with E-state index in [0.29, 0.717) is 31.7 Å². The van der Waals surface area contributed by atoms with Gasteiger partial charge in [0, 0.05) is 0 Å². The van der Waals surface area contributed by atoms with E-state index >= 15 is 0 Å². The molecule has 0 N–H and O–H groups in total. The zero-order valence-electron chi connectivity index (χ0n) is 12.7. The summed E-state index contributed by atoms with van der Waals surface area (Å²) >= 11 is 0. The van der Waals surface area contributed by atoms with Crippen molar-refractivity contribution in [1.82, 2.24) is 14.8 Å². The Kier molecular flexibility index (Phi) is 3.94. The summed E-state index contributed by atoms with van der Waals surface area (Å²) in [5, 5.41) is 12.7. The van der Waals surface area contributed by atoms with Crippen LogP contribution in [-0.4, -0.2) is 21.2 Å². The van der Waals surface area contributed by atoms with E-state index in [9.17, 15) is 22.4 Å². The molecule has 2 heterocycles. The molecule has 3 rings (SSSR count). The maximum Gasteiger partial charge on any atom is 0.419 e. The summed E-state index contributed by atoms with van der Waals surface area (Å²) in [6.07, 6.45) is 0.111. The maximum atomic E-state index is 13.3. The number of amides is 1. The molecule has 25 heavy (non-hydrogen) atoms. The quantitative estimate of drug-likeness (QED) is 0.626. The lowest BCUT2D eigenvalue weighted by atomic mass is 9.83. The molecule has 1 saturated carbocycles. The topological polar surface area (TPSA) is 74.8 Å². The Morgan fingerprint density at radius 1 is 1.36 bits per heavy atom. The van der Waals surface area contributed by atoms with Crippen molar-refractivity contribution in [1.29, 1.82) is 5.26 Å². The van der Waals surface area contributed by atoms with Crippen molar-refractivity contribution < 1.29 is 22.4 Å². The molecule has 1 aliphatic rings. The number of anilines is 1. The lowest BCUT2D eigenvalue weighted by Gasteiger charge is -2.48. The zero-order chi connectivity index (χ0) is 18.2. The predicted octanol–water partition coefficient (Wildman–Crippen LogP) is 2.81. The molecule has 0 aromatic carbocycles. The minimum atomic E-state index is -4.80. The van der Waals surface area contributed by atoms with Crippen LogP contribution in [0.15, 0.2) is 24.7 Å². The number of pyridine rings is 1. The van der Waals surface area contributed by atoms with Crippen molar-refractivity contribution in [2.24, 2.45) is 0 Å². The summed E-state index contributed by atoms with van der Waals surface area (Å²) in [4.78, 5) is 16.2. The van der Waals surface area contributed by atoms with Crippen molar-refractivity contribution in [2.45, 2.75) is 31.1 Å². The van der Waals surface area contributed by atoms with Gasteiger partial charge in [-0.25, -0.2) is 14.1 Å². The first-order valence-corrected chi connectivity index (χ1v) is 7.24. The molecule has 0 saturated heterocycles. The number of carbonyl (C=O) groups is 1. The van der Waals surface area contributed by atoms with Gasteiger partial charge in [-0.15, -0.1) is 0 Å². The van der Waals surface area contributed by atoms with Gasteiger partial charge in [-0.2, -0.15) is 23.5 Å². The van der Waals surface area contributed by atoms with Crippen molar-refractivity contribution in [3.05, 3.63) is 41.7 Å². The van der Waals surface area contributed by atoms with Gasteiger partial charge in [0.2, 0.25) is 6.41 Å². The highest BCUT2D eigenvalue weighted by Crippen LogP contribution is 2.44. The second-order valence-electron chi connectivity index (χ2n) is 5.61. The third-order valence-electron chi connectivity index (χ3n) is 4.25. The molecule has 0 atom stereocenters. The highest BCUT2D eigenvalue weighted by Gasteiger charge is 2.46. The fourth-order valence-corrected chi connectivity index (χ4v) is 2.89. The number of hydrogen-bond donors (Lipinski definition) is 0. The molecular formula is C15H11F4N5O. The number of nitrogens with zero attached hydrogens (tertiary/aromatic N) is 5. The summed E-state index contributed by atoms with van der Waals surface area (Å²) in [6, 6.07) is 2.08. The predicted molar refractivity (Wildman–Crippen MR) is 76.5 cm³/mol. The zero-order valence-corrected chi connectivity index (χ0v) is 12.7. The fraction of sp³-hybridized carbons (Fsp3) is 0.333. The van der Waals surface area contributed by atoms with Crippen molar-refractivity contribution >= 4 is 12.1 Å². The SMILES string of the molecule is N#Cc1ncc(N(C=O)C2(n3cc(F)cn3)CCC2)cc1C(F)(F)F. The first kappa shape index (κ1) is 16.9. The third-order valence-corrected chi connectivity index (χ3v) is 4.25. The Hall–Kier alpha value is -2.96. The van der Waals surface area contributed by atoms with Crippen LogP contribution >= 0.6 is 0 Å². The van der Waals surface area contributed by atoms with E-state index in [1.54, 1.807) is 0 Å². The van der Waals surface area contributed by atoms with Crippen LogP contribution in [0, 0.1) is 17.1 Å². The molecule has 1 amide bonds. The molecule has 130 valence electrons. The first-order valence-electron chi connectivity index (χ1n) is 7.24. The lowest BCUT2D eigenvalue weighted by molar-refractivity contribution is -0.138. The second kappa shape index (κ2) is 5.84. The van der Waals surface area contributed by atoms with E-state index in [2.05, 4.69) is 10.1 Å². The Labute approximate surface area is 139 Å². The van der Waals surface area contributed by atoms with Crippen LogP contribution in [0.3, 0.4) is 0 Å². The van der Waals surface area contributed by atoms with E-state index in [0.717, 1.165) is 23.5 Å². The van der Waals surface area contributed by atoms with Crippen LogP contribution in [0.5, 0.6) is 0 Å². The van der Waals surface area contributed by atoms with Gasteiger partial charge in [0.15, 0.2) is 11.5 Å². The summed E-state index contributed by atoms with van der Waals surface area (Å²) in [5.41, 5.74) is -3.25. The van der Waals surface area contributed by atoms with Gasteiger partial charge in [0.05, 0.1) is 29.8 Å². The standard InChI is InChI=1S/C15H11F4N5O/c16-10-6-22-24(8-10)14(2-1-3-14)23(9-25)11-4-12(15(17,18)19)13(5-20)21-7-11/h4,6-9H,1-3H2. The monoisotopic (exact) mass is 353 g/mol. The number of alkyl halides is 3. The van der Waals surface area contributed by atoms with Crippen LogP contribution in [0.2, 0.25) is 0 Å². The largest absolute Gasteiger partial charge is 0.419 e. The molecule has 0 unspecified atom stereocenters. The number of nitriles is 1. The molecule has 6 nitrogen and oxygen atoms in total. The fourth-order valence-electron chi connectivity index (χ4n) is 2.89. The molecule has 10 heteroatoms. The lowest BCUT2D eigenvalue weighted by Crippen LogP contribution is -2.55. The third kappa shape index (κ3) is 2.71. The number of aromatic nitrogens is 3. The van der Waals surface area contributed by atoms with Gasteiger partial charge in [-0.05, 0) is 25.3 Å². The molecule has 2 aromatic heterocycles. The molecule has 0 spiro atoms. The molecular weight excluding hydrogens is 342 g/mol. The Morgan fingerprint density at radius 2 is 2.08 bits per heavy atom. The average Bonchev–Trinajstić information content (AvgIpc) is 2.95. The molecule has 0 radical (unpaired) electrons. The van der Waals surface area contributed by atoms with E-state index in [4.69, 9.17) is 5.26 Å². The highest BCUT2D eigenvalue weighted by atomic mass is 19.4. The summed E-state index contributed by atoms with van der Waals surface area (Å²) in [7, 11) is 0. The van der Waals surface area contributed by atoms with Crippen LogP contribution in [0.1, 0.15) is 30.5 Å². The van der Waals surface area contributed by atoms with Crippen LogP contribution in [-0.2, 0) is 16.6 Å². The molecule has 1 aliphatic carbocycles. The van der Waals surface area contributed by atoms with Crippen LogP contribution in [0.4, 0.5) is 23.2 Å². The second-order valence-corrected chi connectivity index (χ2v) is 5.61. The maximum absolute atomic E-state index is 13.3. The van der Waals surface area contributed by atoms with Crippen molar-refractivity contribution in [3.8, 4) is 6.07 Å². The minimum Gasteiger partial charge on any atom is -0.288 e.